The number of fused-ring (bicyclic) bond motifs is 1. The Bertz CT molecular complexity index is 515. The number of alkyl halides is 1. The fourth-order valence-corrected chi connectivity index (χ4v) is 2.17. The number of aromatic nitrogens is 1. The lowest BCUT2D eigenvalue weighted by Gasteiger charge is -2.35. The van der Waals surface area contributed by atoms with Gasteiger partial charge in [0.2, 0.25) is 0 Å². The Hall–Kier alpha value is -1.48. The normalized spacial score (nSPS) is 18.3. The Morgan fingerprint density at radius 1 is 1.25 bits per heavy atom. The van der Waals surface area contributed by atoms with Gasteiger partial charge in [-0.25, -0.2) is 4.39 Å². The highest BCUT2D eigenvalue weighted by Gasteiger charge is 2.37. The van der Waals surface area contributed by atoms with Crippen molar-refractivity contribution in [1.82, 2.24) is 10.3 Å². The molecule has 0 saturated carbocycles. The smallest absolute Gasteiger partial charge is 0.139 e. The number of benzene rings is 1. The van der Waals surface area contributed by atoms with E-state index in [0.29, 0.717) is 19.5 Å². The fraction of sp³-hybridized carbons (Fsp3) is 0.308. The third kappa shape index (κ3) is 1.57. The lowest BCUT2D eigenvalue weighted by atomic mass is 9.90. The maximum Gasteiger partial charge on any atom is 0.139 e. The molecule has 1 aliphatic rings. The second-order valence-electron chi connectivity index (χ2n) is 4.42. The Balaban J connectivity index is 2.03. The van der Waals surface area contributed by atoms with Crippen molar-refractivity contribution >= 4 is 10.9 Å². The highest BCUT2D eigenvalue weighted by atomic mass is 19.1. The van der Waals surface area contributed by atoms with Gasteiger partial charge in [0.1, 0.15) is 5.67 Å². The van der Waals surface area contributed by atoms with E-state index >= 15 is 0 Å². The van der Waals surface area contributed by atoms with Crippen LogP contribution < -0.4 is 5.32 Å². The van der Waals surface area contributed by atoms with Crippen molar-refractivity contribution in [2.24, 2.45) is 0 Å². The molecule has 0 atom stereocenters. The summed E-state index contributed by atoms with van der Waals surface area (Å²) in [5, 5.41) is 4.04. The molecule has 1 aliphatic heterocycles. The van der Waals surface area contributed by atoms with Gasteiger partial charge in [0.05, 0.1) is 5.52 Å². The van der Waals surface area contributed by atoms with Gasteiger partial charge in [-0.15, -0.1) is 0 Å². The zero-order valence-corrected chi connectivity index (χ0v) is 8.91. The average Bonchev–Trinajstić information content (AvgIpc) is 2.27. The minimum atomic E-state index is -1.07. The minimum absolute atomic E-state index is 0.462. The molecule has 3 rings (SSSR count). The number of para-hydroxylation sites is 1. The predicted molar refractivity (Wildman–Crippen MR) is 62.2 cm³/mol. The molecule has 0 radical (unpaired) electrons. The second kappa shape index (κ2) is 3.52. The topological polar surface area (TPSA) is 24.9 Å². The lowest BCUT2D eigenvalue weighted by molar-refractivity contribution is 0.0915. The van der Waals surface area contributed by atoms with Crippen LogP contribution in [0, 0.1) is 0 Å². The number of hydrogen-bond donors (Lipinski definition) is 1. The zero-order valence-electron chi connectivity index (χ0n) is 8.91. The van der Waals surface area contributed by atoms with Gasteiger partial charge in [-0.2, -0.15) is 0 Å². The number of pyridine rings is 1. The molecule has 1 N–H and O–H groups in total. The van der Waals surface area contributed by atoms with Crippen LogP contribution in [0.5, 0.6) is 0 Å². The molecular formula is C13H13FN2. The van der Waals surface area contributed by atoms with Gasteiger partial charge in [0, 0.05) is 31.1 Å². The molecular weight excluding hydrogens is 203 g/mol. The van der Waals surface area contributed by atoms with E-state index in [0.717, 1.165) is 16.5 Å². The van der Waals surface area contributed by atoms with Gasteiger partial charge in [-0.3, -0.25) is 4.98 Å². The highest BCUT2D eigenvalue weighted by Crippen LogP contribution is 2.26. The fourth-order valence-electron chi connectivity index (χ4n) is 2.17. The molecule has 1 aromatic carbocycles. The van der Waals surface area contributed by atoms with Gasteiger partial charge in [-0.1, -0.05) is 18.2 Å². The summed E-state index contributed by atoms with van der Waals surface area (Å²) >= 11 is 0. The molecule has 0 spiro atoms. The largest absolute Gasteiger partial charge is 0.310 e. The first-order chi connectivity index (χ1) is 7.77. The number of nitrogens with one attached hydrogen (secondary N) is 1. The molecule has 82 valence electrons. The number of nitrogens with zero attached hydrogens (tertiary/aromatic N) is 1. The summed E-state index contributed by atoms with van der Waals surface area (Å²) in [6.45, 7) is 0.924. The van der Waals surface area contributed by atoms with Crippen molar-refractivity contribution in [3.05, 3.63) is 42.1 Å². The van der Waals surface area contributed by atoms with Crippen LogP contribution in [-0.4, -0.2) is 23.7 Å². The third-order valence-electron chi connectivity index (χ3n) is 3.13. The summed E-state index contributed by atoms with van der Waals surface area (Å²) in [5.41, 5.74) is 0.926. The first-order valence-corrected chi connectivity index (χ1v) is 5.49. The van der Waals surface area contributed by atoms with E-state index in [-0.39, 0.29) is 0 Å². The van der Waals surface area contributed by atoms with Crippen LogP contribution in [0.3, 0.4) is 0 Å². The number of rotatable bonds is 2. The first-order valence-electron chi connectivity index (χ1n) is 5.49. The molecule has 0 aliphatic carbocycles. The van der Waals surface area contributed by atoms with Crippen LogP contribution in [0.25, 0.3) is 10.9 Å². The van der Waals surface area contributed by atoms with E-state index in [1.54, 1.807) is 6.20 Å². The van der Waals surface area contributed by atoms with Gasteiger partial charge in [0.15, 0.2) is 0 Å². The van der Waals surface area contributed by atoms with E-state index in [1.165, 1.54) is 0 Å². The Morgan fingerprint density at radius 2 is 2.06 bits per heavy atom. The Kier molecular flexibility index (Phi) is 2.14. The summed E-state index contributed by atoms with van der Waals surface area (Å²) in [4.78, 5) is 4.28. The predicted octanol–water partition coefficient (Wildman–Crippen LogP) is 2.09. The van der Waals surface area contributed by atoms with Crippen molar-refractivity contribution in [2.75, 3.05) is 13.1 Å². The van der Waals surface area contributed by atoms with Crippen molar-refractivity contribution in [3.8, 4) is 0 Å². The molecule has 0 amide bonds. The van der Waals surface area contributed by atoms with Gasteiger partial charge in [-0.05, 0) is 17.7 Å². The lowest BCUT2D eigenvalue weighted by Crippen LogP contribution is -2.57. The standard InChI is InChI=1S/C13H13FN2/c14-13(8-15-9-13)7-10-5-6-16-12-4-2-1-3-11(10)12/h1-6,15H,7-9H2. The van der Waals surface area contributed by atoms with Crippen LogP contribution in [0.4, 0.5) is 4.39 Å². The maximum absolute atomic E-state index is 14.0. The minimum Gasteiger partial charge on any atom is -0.310 e. The molecule has 1 fully saturated rings. The van der Waals surface area contributed by atoms with E-state index in [1.807, 2.05) is 30.3 Å². The highest BCUT2D eigenvalue weighted by molar-refractivity contribution is 5.81. The molecule has 0 unspecified atom stereocenters. The van der Waals surface area contributed by atoms with Crippen molar-refractivity contribution in [1.29, 1.82) is 0 Å². The third-order valence-corrected chi connectivity index (χ3v) is 3.13. The van der Waals surface area contributed by atoms with Crippen LogP contribution >= 0.6 is 0 Å². The van der Waals surface area contributed by atoms with Crippen molar-refractivity contribution in [3.63, 3.8) is 0 Å². The summed E-state index contributed by atoms with van der Waals surface area (Å²) in [6, 6.07) is 9.81. The summed E-state index contributed by atoms with van der Waals surface area (Å²) in [7, 11) is 0. The Morgan fingerprint density at radius 3 is 2.81 bits per heavy atom. The summed E-state index contributed by atoms with van der Waals surface area (Å²) in [5.74, 6) is 0. The molecule has 16 heavy (non-hydrogen) atoms. The van der Waals surface area contributed by atoms with E-state index < -0.39 is 5.67 Å². The zero-order chi connectivity index (χ0) is 11.0. The Labute approximate surface area is 93.5 Å². The van der Waals surface area contributed by atoms with E-state index in [4.69, 9.17) is 0 Å². The molecule has 1 aromatic heterocycles. The molecule has 1 saturated heterocycles. The number of hydrogen-bond acceptors (Lipinski definition) is 2. The summed E-state index contributed by atoms with van der Waals surface area (Å²) in [6.07, 6.45) is 2.23. The monoisotopic (exact) mass is 216 g/mol. The van der Waals surface area contributed by atoms with E-state index in [2.05, 4.69) is 10.3 Å². The van der Waals surface area contributed by atoms with Crippen LogP contribution in [-0.2, 0) is 6.42 Å². The van der Waals surface area contributed by atoms with Crippen molar-refractivity contribution < 1.29 is 4.39 Å². The van der Waals surface area contributed by atoms with Gasteiger partial charge < -0.3 is 5.32 Å². The molecule has 2 heterocycles. The second-order valence-corrected chi connectivity index (χ2v) is 4.42. The van der Waals surface area contributed by atoms with Crippen molar-refractivity contribution in [2.45, 2.75) is 12.1 Å². The molecule has 0 bridgehead atoms. The first kappa shape index (κ1) is 9.73. The van der Waals surface area contributed by atoms with Crippen LogP contribution in [0.15, 0.2) is 36.5 Å². The van der Waals surface area contributed by atoms with Gasteiger partial charge >= 0.3 is 0 Å². The molecule has 3 heteroatoms. The SMILES string of the molecule is FC1(Cc2ccnc3ccccc23)CNC1. The van der Waals surface area contributed by atoms with Gasteiger partial charge in [0.25, 0.3) is 0 Å². The molecule has 2 nitrogen and oxygen atoms in total. The maximum atomic E-state index is 14.0. The van der Waals surface area contributed by atoms with Crippen LogP contribution in [0.2, 0.25) is 0 Å². The molecule has 2 aromatic rings. The van der Waals surface area contributed by atoms with E-state index in [9.17, 15) is 4.39 Å². The summed E-state index contributed by atoms with van der Waals surface area (Å²) < 4.78 is 14.0. The quantitative estimate of drug-likeness (QED) is 0.831. The number of halogens is 1. The van der Waals surface area contributed by atoms with Crippen LogP contribution in [0.1, 0.15) is 5.56 Å². The average molecular weight is 216 g/mol.